The van der Waals surface area contributed by atoms with Gasteiger partial charge in [-0.25, -0.2) is 4.39 Å². The Morgan fingerprint density at radius 1 is 1.39 bits per heavy atom. The fraction of sp³-hybridized carbons (Fsp3) is 0.286. The van der Waals surface area contributed by atoms with Crippen molar-refractivity contribution in [2.24, 2.45) is 0 Å². The van der Waals surface area contributed by atoms with Gasteiger partial charge in [-0.2, -0.15) is 5.10 Å². The molecule has 0 atom stereocenters. The minimum atomic E-state index is -0.403. The summed E-state index contributed by atoms with van der Waals surface area (Å²) in [7, 11) is 0. The van der Waals surface area contributed by atoms with E-state index in [1.807, 2.05) is 11.6 Å². The molecule has 0 radical (unpaired) electrons. The number of aldehydes is 1. The molecule has 0 aliphatic heterocycles. The maximum Gasteiger partial charge on any atom is 0.150 e. The standard InChI is InChI=1S/C14H15FN2O/c1-3-6-17-10(2)14(8-16-17)13-5-4-12(15)7-11(13)9-18/h4-5,7-9H,3,6H2,1-2H3. The van der Waals surface area contributed by atoms with Gasteiger partial charge in [0.2, 0.25) is 0 Å². The smallest absolute Gasteiger partial charge is 0.150 e. The van der Waals surface area contributed by atoms with Gasteiger partial charge in [0.05, 0.1) is 6.20 Å². The number of benzene rings is 1. The van der Waals surface area contributed by atoms with E-state index in [1.54, 1.807) is 12.3 Å². The monoisotopic (exact) mass is 246 g/mol. The average molecular weight is 246 g/mol. The van der Waals surface area contributed by atoms with E-state index >= 15 is 0 Å². The lowest BCUT2D eigenvalue weighted by atomic mass is 10.0. The van der Waals surface area contributed by atoms with E-state index in [-0.39, 0.29) is 0 Å². The van der Waals surface area contributed by atoms with Gasteiger partial charge in [-0.05, 0) is 31.0 Å². The van der Waals surface area contributed by atoms with Crippen LogP contribution in [-0.2, 0) is 6.54 Å². The molecule has 2 rings (SSSR count). The highest BCUT2D eigenvalue weighted by Crippen LogP contribution is 2.26. The summed E-state index contributed by atoms with van der Waals surface area (Å²) in [5.41, 5.74) is 2.96. The number of aromatic nitrogens is 2. The predicted molar refractivity (Wildman–Crippen MR) is 68.0 cm³/mol. The molecule has 0 unspecified atom stereocenters. The van der Waals surface area contributed by atoms with Crippen molar-refractivity contribution in [1.29, 1.82) is 0 Å². The molecule has 0 amide bonds. The van der Waals surface area contributed by atoms with Gasteiger partial charge in [0, 0.05) is 23.4 Å². The molecule has 0 aliphatic carbocycles. The van der Waals surface area contributed by atoms with E-state index < -0.39 is 5.82 Å². The Morgan fingerprint density at radius 3 is 2.83 bits per heavy atom. The molecule has 0 saturated carbocycles. The van der Waals surface area contributed by atoms with E-state index in [0.29, 0.717) is 11.8 Å². The van der Waals surface area contributed by atoms with Crippen LogP contribution < -0.4 is 0 Å². The normalized spacial score (nSPS) is 10.6. The predicted octanol–water partition coefficient (Wildman–Crippen LogP) is 3.22. The minimum Gasteiger partial charge on any atom is -0.298 e. The molecule has 0 bridgehead atoms. The minimum absolute atomic E-state index is 0.356. The second-order valence-electron chi connectivity index (χ2n) is 4.22. The lowest BCUT2D eigenvalue weighted by Gasteiger charge is -2.06. The van der Waals surface area contributed by atoms with Gasteiger partial charge in [0.1, 0.15) is 5.82 Å². The van der Waals surface area contributed by atoms with E-state index in [2.05, 4.69) is 12.0 Å². The number of rotatable bonds is 4. The highest BCUT2D eigenvalue weighted by atomic mass is 19.1. The van der Waals surface area contributed by atoms with Crippen LogP contribution in [-0.4, -0.2) is 16.1 Å². The van der Waals surface area contributed by atoms with Gasteiger partial charge in [-0.15, -0.1) is 0 Å². The molecule has 0 spiro atoms. The zero-order chi connectivity index (χ0) is 13.1. The van der Waals surface area contributed by atoms with Gasteiger partial charge >= 0.3 is 0 Å². The number of hydrogen-bond donors (Lipinski definition) is 0. The van der Waals surface area contributed by atoms with E-state index in [0.717, 1.165) is 29.8 Å². The van der Waals surface area contributed by atoms with E-state index in [1.165, 1.54) is 12.1 Å². The summed E-state index contributed by atoms with van der Waals surface area (Å²) in [6.07, 6.45) is 3.40. The van der Waals surface area contributed by atoms with Crippen molar-refractivity contribution in [3.63, 3.8) is 0 Å². The summed E-state index contributed by atoms with van der Waals surface area (Å²) < 4.78 is 15.0. The Hall–Kier alpha value is -1.97. The van der Waals surface area contributed by atoms with E-state index in [9.17, 15) is 9.18 Å². The number of hydrogen-bond acceptors (Lipinski definition) is 2. The van der Waals surface area contributed by atoms with Gasteiger partial charge in [-0.1, -0.05) is 13.0 Å². The number of nitrogens with zero attached hydrogens (tertiary/aromatic N) is 2. The molecule has 2 aromatic rings. The first-order valence-electron chi connectivity index (χ1n) is 5.95. The maximum absolute atomic E-state index is 13.1. The third kappa shape index (κ3) is 2.18. The summed E-state index contributed by atoms with van der Waals surface area (Å²) in [5, 5.41) is 4.29. The largest absolute Gasteiger partial charge is 0.298 e. The molecular weight excluding hydrogens is 231 g/mol. The van der Waals surface area contributed by atoms with Crippen molar-refractivity contribution >= 4 is 6.29 Å². The van der Waals surface area contributed by atoms with Crippen molar-refractivity contribution in [3.05, 3.63) is 41.5 Å². The Kier molecular flexibility index (Phi) is 3.55. The second-order valence-corrected chi connectivity index (χ2v) is 4.22. The summed E-state index contributed by atoms with van der Waals surface area (Å²) in [5.74, 6) is -0.403. The molecule has 18 heavy (non-hydrogen) atoms. The first kappa shape index (κ1) is 12.5. The fourth-order valence-corrected chi connectivity index (χ4v) is 2.02. The molecule has 0 N–H and O–H groups in total. The van der Waals surface area contributed by atoms with Crippen molar-refractivity contribution in [3.8, 4) is 11.1 Å². The van der Waals surface area contributed by atoms with Gasteiger partial charge in [-0.3, -0.25) is 9.48 Å². The van der Waals surface area contributed by atoms with Crippen molar-refractivity contribution in [1.82, 2.24) is 9.78 Å². The quantitative estimate of drug-likeness (QED) is 0.776. The van der Waals surface area contributed by atoms with Crippen LogP contribution in [0.5, 0.6) is 0 Å². The average Bonchev–Trinajstić information content (AvgIpc) is 2.72. The third-order valence-corrected chi connectivity index (χ3v) is 2.97. The number of halogens is 1. The van der Waals surface area contributed by atoms with Crippen LogP contribution in [0, 0.1) is 12.7 Å². The Labute approximate surface area is 105 Å². The molecule has 0 aliphatic rings. The van der Waals surface area contributed by atoms with Crippen LogP contribution in [0.4, 0.5) is 4.39 Å². The van der Waals surface area contributed by atoms with Crippen molar-refractivity contribution < 1.29 is 9.18 Å². The molecule has 1 aromatic carbocycles. The Morgan fingerprint density at radius 2 is 2.17 bits per heavy atom. The lowest BCUT2D eigenvalue weighted by Crippen LogP contribution is -2.01. The van der Waals surface area contributed by atoms with Crippen LogP contribution in [0.1, 0.15) is 29.4 Å². The molecule has 1 heterocycles. The third-order valence-electron chi connectivity index (χ3n) is 2.97. The SMILES string of the molecule is CCCn1ncc(-c2ccc(F)cc2C=O)c1C. The summed E-state index contributed by atoms with van der Waals surface area (Å²) in [6.45, 7) is 4.87. The first-order chi connectivity index (χ1) is 8.67. The topological polar surface area (TPSA) is 34.9 Å². The molecule has 0 saturated heterocycles. The van der Waals surface area contributed by atoms with Gasteiger partial charge in [0.15, 0.2) is 6.29 Å². The molecule has 4 heteroatoms. The highest BCUT2D eigenvalue weighted by molar-refractivity contribution is 5.88. The Balaban J connectivity index is 2.51. The zero-order valence-corrected chi connectivity index (χ0v) is 10.5. The number of carbonyl (C=O) groups is 1. The van der Waals surface area contributed by atoms with Crippen molar-refractivity contribution in [2.45, 2.75) is 26.8 Å². The second kappa shape index (κ2) is 5.12. The Bertz CT molecular complexity index is 575. The summed E-state index contributed by atoms with van der Waals surface area (Å²) in [4.78, 5) is 11.0. The number of aryl methyl sites for hydroxylation is 1. The molecule has 0 fully saturated rings. The van der Waals surface area contributed by atoms with E-state index in [4.69, 9.17) is 0 Å². The molecule has 3 nitrogen and oxygen atoms in total. The van der Waals surface area contributed by atoms with Crippen LogP contribution in [0.15, 0.2) is 24.4 Å². The highest BCUT2D eigenvalue weighted by Gasteiger charge is 2.12. The molecule has 1 aromatic heterocycles. The molecular formula is C14H15FN2O. The lowest BCUT2D eigenvalue weighted by molar-refractivity contribution is 0.112. The van der Waals surface area contributed by atoms with Crippen LogP contribution in [0.3, 0.4) is 0 Å². The fourth-order valence-electron chi connectivity index (χ4n) is 2.02. The first-order valence-corrected chi connectivity index (χ1v) is 5.95. The summed E-state index contributed by atoms with van der Waals surface area (Å²) >= 11 is 0. The van der Waals surface area contributed by atoms with Crippen LogP contribution in [0.2, 0.25) is 0 Å². The van der Waals surface area contributed by atoms with Gasteiger partial charge < -0.3 is 0 Å². The van der Waals surface area contributed by atoms with Crippen LogP contribution >= 0.6 is 0 Å². The van der Waals surface area contributed by atoms with Gasteiger partial charge in [0.25, 0.3) is 0 Å². The maximum atomic E-state index is 13.1. The summed E-state index contributed by atoms with van der Waals surface area (Å²) in [6, 6.07) is 4.23. The number of carbonyl (C=O) groups excluding carboxylic acids is 1. The molecule has 94 valence electrons. The van der Waals surface area contributed by atoms with Crippen LogP contribution in [0.25, 0.3) is 11.1 Å². The zero-order valence-electron chi connectivity index (χ0n) is 10.5. The van der Waals surface area contributed by atoms with Crippen molar-refractivity contribution in [2.75, 3.05) is 0 Å².